The number of thiophene rings is 1. The number of aryl methyl sites for hydroxylation is 2. The Morgan fingerprint density at radius 1 is 1.33 bits per heavy atom. The molecule has 3 aromatic heterocycles. The average molecular weight is 279 g/mol. The first-order valence-corrected chi connectivity index (χ1v) is 7.67. The molecule has 0 aliphatic rings. The molecule has 4 nitrogen and oxygen atoms in total. The van der Waals surface area contributed by atoms with Gasteiger partial charge in [-0.25, -0.2) is 4.98 Å². The molecule has 0 unspecified atom stereocenters. The lowest BCUT2D eigenvalue weighted by Crippen LogP contribution is -2.14. The zero-order chi connectivity index (χ0) is 12.7. The molecule has 3 aromatic rings. The Kier molecular flexibility index (Phi) is 2.91. The van der Waals surface area contributed by atoms with Gasteiger partial charge in [0, 0.05) is 4.88 Å². The minimum absolute atomic E-state index is 0.0375. The highest BCUT2D eigenvalue weighted by Crippen LogP contribution is 2.24. The number of rotatable bonds is 3. The highest BCUT2D eigenvalue weighted by Gasteiger charge is 2.12. The monoisotopic (exact) mass is 279 g/mol. The predicted octanol–water partition coefficient (Wildman–Crippen LogP) is 2.88. The van der Waals surface area contributed by atoms with E-state index in [4.69, 9.17) is 0 Å². The summed E-state index contributed by atoms with van der Waals surface area (Å²) in [6.45, 7) is 4.17. The van der Waals surface area contributed by atoms with Crippen molar-refractivity contribution in [3.8, 4) is 0 Å². The lowest BCUT2D eigenvalue weighted by atomic mass is 10.2. The maximum Gasteiger partial charge on any atom is 0.283 e. The van der Waals surface area contributed by atoms with Gasteiger partial charge in [0.1, 0.15) is 9.84 Å². The van der Waals surface area contributed by atoms with E-state index in [-0.39, 0.29) is 5.56 Å². The third-order valence-corrected chi connectivity index (χ3v) is 4.93. The summed E-state index contributed by atoms with van der Waals surface area (Å²) in [6, 6.07) is 1.97. The van der Waals surface area contributed by atoms with Crippen molar-refractivity contribution in [3.05, 3.63) is 26.3 Å². The van der Waals surface area contributed by atoms with Gasteiger partial charge in [-0.05, 0) is 18.9 Å². The van der Waals surface area contributed by atoms with E-state index in [1.54, 1.807) is 11.3 Å². The lowest BCUT2D eigenvalue weighted by molar-refractivity contribution is 0.871. The number of hydrogen-bond acceptors (Lipinski definition) is 5. The van der Waals surface area contributed by atoms with Gasteiger partial charge >= 0.3 is 0 Å². The van der Waals surface area contributed by atoms with Crippen LogP contribution in [-0.2, 0) is 12.8 Å². The fraction of sp³-hybridized carbons (Fsp3) is 0.417. The van der Waals surface area contributed by atoms with Crippen LogP contribution in [0.1, 0.15) is 30.2 Å². The fourth-order valence-corrected chi connectivity index (χ4v) is 3.91. The van der Waals surface area contributed by atoms with Crippen LogP contribution in [0.5, 0.6) is 0 Å². The molecular weight excluding hydrogens is 266 g/mol. The Morgan fingerprint density at radius 2 is 2.17 bits per heavy atom. The van der Waals surface area contributed by atoms with Crippen molar-refractivity contribution in [1.29, 1.82) is 0 Å². The van der Waals surface area contributed by atoms with Gasteiger partial charge in [-0.2, -0.15) is 9.61 Å². The Morgan fingerprint density at radius 3 is 2.89 bits per heavy atom. The Balaban J connectivity index is 2.30. The molecule has 0 fully saturated rings. The topological polar surface area (TPSA) is 47.3 Å². The Hall–Kier alpha value is -1.27. The standard InChI is InChI=1S/C12H13N3OS2/c1-3-5-7-6-8-10(17-7)13-12-15(11(8)16)14-9(4-2)18-12/h6H,3-5H2,1-2H3. The molecule has 0 bridgehead atoms. The Labute approximate surface area is 112 Å². The zero-order valence-corrected chi connectivity index (χ0v) is 11.9. The van der Waals surface area contributed by atoms with Crippen LogP contribution in [0.15, 0.2) is 10.9 Å². The zero-order valence-electron chi connectivity index (χ0n) is 10.3. The molecule has 6 heteroatoms. The van der Waals surface area contributed by atoms with Crippen molar-refractivity contribution in [2.75, 3.05) is 0 Å². The number of nitrogens with zero attached hydrogens (tertiary/aromatic N) is 3. The first-order chi connectivity index (χ1) is 8.72. The summed E-state index contributed by atoms with van der Waals surface area (Å²) in [7, 11) is 0. The molecular formula is C12H13N3OS2. The molecule has 0 amide bonds. The second-order valence-corrected chi connectivity index (χ2v) is 6.30. The van der Waals surface area contributed by atoms with E-state index < -0.39 is 0 Å². The van der Waals surface area contributed by atoms with Gasteiger partial charge < -0.3 is 0 Å². The highest BCUT2D eigenvalue weighted by atomic mass is 32.1. The summed E-state index contributed by atoms with van der Waals surface area (Å²) in [6.07, 6.45) is 2.93. The van der Waals surface area contributed by atoms with Gasteiger partial charge in [-0.15, -0.1) is 11.3 Å². The summed E-state index contributed by atoms with van der Waals surface area (Å²) in [5.74, 6) is 0. The molecule has 0 N–H and O–H groups in total. The lowest BCUT2D eigenvalue weighted by Gasteiger charge is -1.89. The Bertz CT molecular complexity index is 769. The van der Waals surface area contributed by atoms with Crippen LogP contribution in [-0.4, -0.2) is 14.6 Å². The van der Waals surface area contributed by atoms with Gasteiger partial charge in [-0.1, -0.05) is 31.6 Å². The van der Waals surface area contributed by atoms with E-state index in [1.807, 2.05) is 13.0 Å². The molecule has 0 saturated heterocycles. The van der Waals surface area contributed by atoms with Gasteiger partial charge in [-0.3, -0.25) is 4.79 Å². The molecule has 0 radical (unpaired) electrons. The van der Waals surface area contributed by atoms with Crippen molar-refractivity contribution in [2.24, 2.45) is 0 Å². The van der Waals surface area contributed by atoms with Crippen LogP contribution in [0.25, 0.3) is 15.2 Å². The third kappa shape index (κ3) is 1.76. The SMILES string of the molecule is CCCc1cc2c(=O)n3nc(CC)sc3nc2s1. The fourth-order valence-electron chi connectivity index (χ4n) is 1.91. The number of hydrogen-bond donors (Lipinski definition) is 0. The quantitative estimate of drug-likeness (QED) is 0.740. The summed E-state index contributed by atoms with van der Waals surface area (Å²) in [4.78, 5) is 19.6. The molecule has 94 valence electrons. The minimum atomic E-state index is -0.0375. The molecule has 0 atom stereocenters. The summed E-state index contributed by atoms with van der Waals surface area (Å²) in [5.41, 5.74) is -0.0375. The van der Waals surface area contributed by atoms with Crippen LogP contribution in [0.3, 0.4) is 0 Å². The van der Waals surface area contributed by atoms with Crippen molar-refractivity contribution in [3.63, 3.8) is 0 Å². The second kappa shape index (κ2) is 4.44. The minimum Gasteiger partial charge on any atom is -0.267 e. The molecule has 0 saturated carbocycles. The highest BCUT2D eigenvalue weighted by molar-refractivity contribution is 7.19. The second-order valence-electron chi connectivity index (χ2n) is 4.14. The van der Waals surface area contributed by atoms with E-state index in [2.05, 4.69) is 17.0 Å². The van der Waals surface area contributed by atoms with E-state index in [0.717, 1.165) is 29.1 Å². The molecule has 0 aliphatic carbocycles. The smallest absolute Gasteiger partial charge is 0.267 e. The van der Waals surface area contributed by atoms with Gasteiger partial charge in [0.05, 0.1) is 5.39 Å². The maximum atomic E-state index is 12.3. The van der Waals surface area contributed by atoms with E-state index in [9.17, 15) is 4.79 Å². The number of fused-ring (bicyclic) bond motifs is 2. The molecule has 0 spiro atoms. The van der Waals surface area contributed by atoms with Crippen LogP contribution in [0, 0.1) is 0 Å². The van der Waals surface area contributed by atoms with Crippen LogP contribution in [0.2, 0.25) is 0 Å². The molecule has 0 aliphatic heterocycles. The van der Waals surface area contributed by atoms with E-state index >= 15 is 0 Å². The van der Waals surface area contributed by atoms with Crippen molar-refractivity contribution >= 4 is 37.9 Å². The van der Waals surface area contributed by atoms with Gasteiger partial charge in [0.15, 0.2) is 0 Å². The van der Waals surface area contributed by atoms with E-state index in [0.29, 0.717) is 10.3 Å². The predicted molar refractivity (Wildman–Crippen MR) is 75.9 cm³/mol. The van der Waals surface area contributed by atoms with Crippen LogP contribution < -0.4 is 5.56 Å². The molecule has 3 rings (SSSR count). The van der Waals surface area contributed by atoms with Crippen molar-refractivity contribution < 1.29 is 0 Å². The summed E-state index contributed by atoms with van der Waals surface area (Å²) < 4.78 is 1.44. The molecule has 0 aromatic carbocycles. The van der Waals surface area contributed by atoms with Crippen molar-refractivity contribution in [2.45, 2.75) is 33.1 Å². The molecule has 3 heterocycles. The average Bonchev–Trinajstić information content (AvgIpc) is 2.93. The van der Waals surface area contributed by atoms with Crippen LogP contribution in [0.4, 0.5) is 0 Å². The first-order valence-electron chi connectivity index (χ1n) is 6.04. The van der Waals surface area contributed by atoms with Gasteiger partial charge in [0.25, 0.3) is 5.56 Å². The third-order valence-electron chi connectivity index (χ3n) is 2.78. The van der Waals surface area contributed by atoms with E-state index in [1.165, 1.54) is 20.7 Å². The largest absolute Gasteiger partial charge is 0.283 e. The van der Waals surface area contributed by atoms with Crippen LogP contribution >= 0.6 is 22.7 Å². The summed E-state index contributed by atoms with van der Waals surface area (Å²) >= 11 is 3.12. The molecule has 18 heavy (non-hydrogen) atoms. The maximum absolute atomic E-state index is 12.3. The summed E-state index contributed by atoms with van der Waals surface area (Å²) in [5, 5.41) is 5.95. The van der Waals surface area contributed by atoms with Crippen molar-refractivity contribution in [1.82, 2.24) is 14.6 Å². The number of aromatic nitrogens is 3. The van der Waals surface area contributed by atoms with Gasteiger partial charge in [0.2, 0.25) is 4.96 Å². The normalized spacial score (nSPS) is 11.7. The first kappa shape index (κ1) is 11.8.